The van der Waals surface area contributed by atoms with Gasteiger partial charge < -0.3 is 5.73 Å². The Kier molecular flexibility index (Phi) is 4.55. The molecule has 0 aliphatic carbocycles. The Balaban J connectivity index is 2.51. The van der Waals surface area contributed by atoms with E-state index in [1.54, 1.807) is 6.20 Å². The molecule has 2 N–H and O–H groups in total. The van der Waals surface area contributed by atoms with Gasteiger partial charge in [0.1, 0.15) is 11.5 Å². The third-order valence-electron chi connectivity index (χ3n) is 3.34. The Bertz CT molecular complexity index is 621. The molecule has 0 atom stereocenters. The van der Waals surface area contributed by atoms with Crippen molar-refractivity contribution in [3.8, 4) is 11.3 Å². The van der Waals surface area contributed by atoms with Crippen molar-refractivity contribution in [2.75, 3.05) is 5.73 Å². The van der Waals surface area contributed by atoms with E-state index < -0.39 is 5.82 Å². The van der Waals surface area contributed by atoms with Gasteiger partial charge >= 0.3 is 0 Å². The number of nitrogens with zero attached hydrogens (tertiary/aromatic N) is 2. The summed E-state index contributed by atoms with van der Waals surface area (Å²) in [6, 6.07) is 2.89. The maximum absolute atomic E-state index is 13.6. The van der Waals surface area contributed by atoms with Crippen LogP contribution in [0.15, 0.2) is 18.3 Å². The predicted octanol–water partition coefficient (Wildman–Crippen LogP) is 4.94. The number of benzene rings is 1. The van der Waals surface area contributed by atoms with Crippen molar-refractivity contribution in [2.24, 2.45) is 0 Å². The molecule has 0 unspecified atom stereocenters. The van der Waals surface area contributed by atoms with E-state index in [0.717, 1.165) is 12.8 Å². The van der Waals surface area contributed by atoms with Crippen molar-refractivity contribution in [3.63, 3.8) is 0 Å². The number of aromatic nitrogens is 2. The zero-order valence-corrected chi connectivity index (χ0v) is 12.8. The van der Waals surface area contributed by atoms with Crippen LogP contribution in [0.1, 0.15) is 32.7 Å². The van der Waals surface area contributed by atoms with Crippen molar-refractivity contribution in [3.05, 3.63) is 34.2 Å². The second-order valence-electron chi connectivity index (χ2n) is 4.63. The highest BCUT2D eigenvalue weighted by Crippen LogP contribution is 2.35. The Morgan fingerprint density at radius 2 is 1.90 bits per heavy atom. The summed E-state index contributed by atoms with van der Waals surface area (Å²) in [6.07, 6.45) is 3.65. The summed E-state index contributed by atoms with van der Waals surface area (Å²) < 4.78 is 15.4. The van der Waals surface area contributed by atoms with Crippen molar-refractivity contribution < 1.29 is 4.39 Å². The second-order valence-corrected chi connectivity index (χ2v) is 5.44. The lowest BCUT2D eigenvalue weighted by Gasteiger charge is -2.12. The van der Waals surface area contributed by atoms with E-state index in [4.69, 9.17) is 28.9 Å². The molecule has 2 aromatic rings. The summed E-state index contributed by atoms with van der Waals surface area (Å²) in [6.45, 7) is 4.17. The van der Waals surface area contributed by atoms with Crippen LogP contribution in [0.2, 0.25) is 10.0 Å². The number of rotatable bonds is 4. The van der Waals surface area contributed by atoms with Gasteiger partial charge in [-0.2, -0.15) is 5.10 Å². The van der Waals surface area contributed by atoms with Gasteiger partial charge in [0.05, 0.1) is 21.8 Å². The van der Waals surface area contributed by atoms with E-state index in [1.807, 2.05) is 4.68 Å². The molecule has 0 radical (unpaired) electrons. The SMILES string of the molecule is CCC(CC)n1cc(N)c(-c2cc(F)c(Cl)cc2Cl)n1. The fourth-order valence-electron chi connectivity index (χ4n) is 2.17. The van der Waals surface area contributed by atoms with E-state index >= 15 is 0 Å². The molecule has 0 aliphatic rings. The maximum atomic E-state index is 13.6. The molecular weight excluding hydrogens is 300 g/mol. The van der Waals surface area contributed by atoms with Gasteiger partial charge in [-0.15, -0.1) is 0 Å². The van der Waals surface area contributed by atoms with Gasteiger partial charge in [0.25, 0.3) is 0 Å². The molecular formula is C14H16Cl2FN3. The highest BCUT2D eigenvalue weighted by atomic mass is 35.5. The lowest BCUT2D eigenvalue weighted by Crippen LogP contribution is -2.07. The molecule has 20 heavy (non-hydrogen) atoms. The van der Waals surface area contributed by atoms with Crippen LogP contribution >= 0.6 is 23.2 Å². The van der Waals surface area contributed by atoms with Crippen LogP contribution in [0.25, 0.3) is 11.3 Å². The number of hydrogen-bond acceptors (Lipinski definition) is 2. The normalized spacial score (nSPS) is 11.3. The maximum Gasteiger partial charge on any atom is 0.142 e. The summed E-state index contributed by atoms with van der Waals surface area (Å²) in [4.78, 5) is 0. The first-order valence-electron chi connectivity index (χ1n) is 6.47. The van der Waals surface area contributed by atoms with Crippen LogP contribution in [0, 0.1) is 5.82 Å². The number of anilines is 1. The first-order valence-corrected chi connectivity index (χ1v) is 7.23. The van der Waals surface area contributed by atoms with Crippen molar-refractivity contribution >= 4 is 28.9 Å². The molecule has 0 bridgehead atoms. The summed E-state index contributed by atoms with van der Waals surface area (Å²) in [7, 11) is 0. The van der Waals surface area contributed by atoms with Crippen LogP contribution < -0.4 is 5.73 Å². The summed E-state index contributed by atoms with van der Waals surface area (Å²) in [5.74, 6) is -0.539. The van der Waals surface area contributed by atoms with Crippen LogP contribution in [-0.2, 0) is 0 Å². The molecule has 6 heteroatoms. The minimum absolute atomic E-state index is 0.0169. The number of nitrogen functional groups attached to an aromatic ring is 1. The van der Waals surface area contributed by atoms with Crippen LogP contribution in [0.3, 0.4) is 0 Å². The third-order valence-corrected chi connectivity index (χ3v) is 3.94. The number of hydrogen-bond donors (Lipinski definition) is 1. The highest BCUT2D eigenvalue weighted by molar-refractivity contribution is 6.36. The van der Waals surface area contributed by atoms with Crippen molar-refractivity contribution in [1.82, 2.24) is 9.78 Å². The fraction of sp³-hybridized carbons (Fsp3) is 0.357. The highest BCUT2D eigenvalue weighted by Gasteiger charge is 2.17. The molecule has 0 saturated heterocycles. The van der Waals surface area contributed by atoms with E-state index in [9.17, 15) is 4.39 Å². The van der Waals surface area contributed by atoms with Gasteiger partial charge in [-0.25, -0.2) is 4.39 Å². The quantitative estimate of drug-likeness (QED) is 0.812. The third kappa shape index (κ3) is 2.76. The first kappa shape index (κ1) is 15.1. The van der Waals surface area contributed by atoms with E-state index in [2.05, 4.69) is 18.9 Å². The largest absolute Gasteiger partial charge is 0.396 e. The second kappa shape index (κ2) is 6.02. The lowest BCUT2D eigenvalue weighted by molar-refractivity contribution is 0.429. The predicted molar refractivity (Wildman–Crippen MR) is 81.7 cm³/mol. The lowest BCUT2D eigenvalue weighted by atomic mass is 10.1. The standard InChI is InChI=1S/C14H16Cl2FN3/c1-3-8(4-2)20-7-13(18)14(19-20)9-5-12(17)11(16)6-10(9)15/h5-8H,3-4,18H2,1-2H3. The zero-order chi connectivity index (χ0) is 14.9. The molecule has 1 heterocycles. The molecule has 1 aromatic carbocycles. The topological polar surface area (TPSA) is 43.8 Å². The van der Waals surface area contributed by atoms with Crippen LogP contribution in [0.5, 0.6) is 0 Å². The molecule has 108 valence electrons. The number of nitrogens with two attached hydrogens (primary N) is 1. The molecule has 2 rings (SSSR count). The summed E-state index contributed by atoms with van der Waals surface area (Å²) in [5, 5.41) is 4.77. The monoisotopic (exact) mass is 315 g/mol. The average molecular weight is 316 g/mol. The molecule has 0 spiro atoms. The van der Waals surface area contributed by atoms with E-state index in [0.29, 0.717) is 22.0 Å². The van der Waals surface area contributed by atoms with E-state index in [1.165, 1.54) is 12.1 Å². The van der Waals surface area contributed by atoms with Gasteiger partial charge in [-0.1, -0.05) is 37.0 Å². The summed E-state index contributed by atoms with van der Waals surface area (Å²) >= 11 is 11.8. The van der Waals surface area contributed by atoms with Crippen LogP contribution in [0.4, 0.5) is 10.1 Å². The van der Waals surface area contributed by atoms with Gasteiger partial charge in [0, 0.05) is 11.8 Å². The van der Waals surface area contributed by atoms with Gasteiger partial charge in [0.15, 0.2) is 0 Å². The Labute approximate surface area is 127 Å². The van der Waals surface area contributed by atoms with Crippen molar-refractivity contribution in [2.45, 2.75) is 32.7 Å². The molecule has 3 nitrogen and oxygen atoms in total. The molecule has 0 aliphatic heterocycles. The minimum Gasteiger partial charge on any atom is -0.396 e. The van der Waals surface area contributed by atoms with Crippen LogP contribution in [-0.4, -0.2) is 9.78 Å². The van der Waals surface area contributed by atoms with Crippen molar-refractivity contribution in [1.29, 1.82) is 0 Å². The summed E-state index contributed by atoms with van der Waals surface area (Å²) in [5.41, 5.74) is 7.39. The Morgan fingerprint density at radius 3 is 2.50 bits per heavy atom. The Morgan fingerprint density at radius 1 is 1.25 bits per heavy atom. The van der Waals surface area contributed by atoms with E-state index in [-0.39, 0.29) is 11.1 Å². The fourth-order valence-corrected chi connectivity index (χ4v) is 2.64. The first-order chi connectivity index (χ1) is 9.47. The van der Waals surface area contributed by atoms with Gasteiger partial charge in [-0.05, 0) is 25.0 Å². The molecule has 0 fully saturated rings. The minimum atomic E-state index is -0.539. The molecule has 0 amide bonds. The zero-order valence-electron chi connectivity index (χ0n) is 11.3. The molecule has 1 aromatic heterocycles. The smallest absolute Gasteiger partial charge is 0.142 e. The van der Waals surface area contributed by atoms with Gasteiger partial charge in [0.2, 0.25) is 0 Å². The average Bonchev–Trinajstić information content (AvgIpc) is 2.77. The Hall–Kier alpha value is -1.26. The number of halogens is 3. The molecule has 0 saturated carbocycles. The van der Waals surface area contributed by atoms with Gasteiger partial charge in [-0.3, -0.25) is 4.68 Å².